The van der Waals surface area contributed by atoms with Crippen molar-refractivity contribution >= 4 is 15.9 Å². The molecule has 10 heteroatoms. The Morgan fingerprint density at radius 1 is 1.31 bits per heavy atom. The summed E-state index contributed by atoms with van der Waals surface area (Å²) >= 11 is 0. The molecule has 0 aromatic carbocycles. The second kappa shape index (κ2) is 5.92. The Morgan fingerprint density at radius 3 is 2.65 bits per heavy atom. The van der Waals surface area contributed by atoms with E-state index in [-0.39, 0.29) is 11.6 Å². The number of amides is 1. The number of sulfonamides is 1. The van der Waals surface area contributed by atoms with E-state index in [2.05, 4.69) is 15.1 Å². The number of nitrogens with zero attached hydrogens (tertiary/aromatic N) is 4. The van der Waals surface area contributed by atoms with E-state index in [0.717, 1.165) is 11.4 Å². The highest BCUT2D eigenvalue weighted by molar-refractivity contribution is 7.88. The van der Waals surface area contributed by atoms with Crippen molar-refractivity contribution in [2.75, 3.05) is 25.9 Å². The molecule has 2 aliphatic rings. The van der Waals surface area contributed by atoms with Crippen molar-refractivity contribution in [2.24, 2.45) is 0 Å². The molecule has 0 aliphatic carbocycles. The smallest absolute Gasteiger partial charge is 0.276 e. The van der Waals surface area contributed by atoms with Gasteiger partial charge in [-0.1, -0.05) is 5.16 Å². The number of rotatable bonds is 2. The van der Waals surface area contributed by atoms with E-state index in [4.69, 9.17) is 4.52 Å². The van der Waals surface area contributed by atoms with Crippen molar-refractivity contribution in [3.63, 3.8) is 0 Å². The van der Waals surface area contributed by atoms with E-state index < -0.39 is 15.6 Å². The predicted molar refractivity (Wildman–Crippen MR) is 91.9 cm³/mol. The molecule has 4 heterocycles. The Balaban J connectivity index is 1.62. The summed E-state index contributed by atoms with van der Waals surface area (Å²) in [6.45, 7) is 3.02. The largest absolute Gasteiger partial charge is 0.361 e. The number of piperidine rings is 1. The highest BCUT2D eigenvalue weighted by Gasteiger charge is 2.50. The fourth-order valence-electron chi connectivity index (χ4n) is 4.14. The number of H-pyrrole nitrogens is 1. The van der Waals surface area contributed by atoms with Crippen LogP contribution in [0.3, 0.4) is 0 Å². The predicted octanol–water partition coefficient (Wildman–Crippen LogP) is 0.655. The molecule has 2 aromatic rings. The minimum atomic E-state index is -3.39. The molecule has 0 radical (unpaired) electrons. The molecule has 0 saturated carbocycles. The SMILES string of the molecule is Cc1cc(C(=O)N2CCC3(CC2)c2nc[nH]c2CCN3S(C)(=O)=O)no1. The van der Waals surface area contributed by atoms with Crippen molar-refractivity contribution in [3.05, 3.63) is 35.2 Å². The van der Waals surface area contributed by atoms with Crippen LogP contribution in [-0.2, 0) is 22.0 Å². The fourth-order valence-corrected chi connectivity index (χ4v) is 5.46. The van der Waals surface area contributed by atoms with Crippen molar-refractivity contribution in [1.82, 2.24) is 24.3 Å². The van der Waals surface area contributed by atoms with Gasteiger partial charge < -0.3 is 14.4 Å². The zero-order valence-corrected chi connectivity index (χ0v) is 15.5. The van der Waals surface area contributed by atoms with Gasteiger partial charge in [0.05, 0.1) is 23.8 Å². The lowest BCUT2D eigenvalue weighted by Crippen LogP contribution is -2.58. The van der Waals surface area contributed by atoms with E-state index in [1.807, 2.05) is 0 Å². The first kappa shape index (κ1) is 17.2. The normalized spacial score (nSPS) is 20.3. The summed E-state index contributed by atoms with van der Waals surface area (Å²) in [5.74, 6) is 0.388. The molecule has 1 spiro atoms. The summed E-state index contributed by atoms with van der Waals surface area (Å²) in [5.41, 5.74) is 1.36. The molecule has 1 N–H and O–H groups in total. The highest BCUT2D eigenvalue weighted by Crippen LogP contribution is 2.43. The lowest BCUT2D eigenvalue weighted by atomic mass is 9.80. The molecule has 2 aliphatic heterocycles. The summed E-state index contributed by atoms with van der Waals surface area (Å²) in [6.07, 6.45) is 4.47. The van der Waals surface area contributed by atoms with Crippen molar-refractivity contribution < 1.29 is 17.7 Å². The molecule has 4 rings (SSSR count). The number of carbonyl (C=O) groups excluding carboxylic acids is 1. The first-order chi connectivity index (χ1) is 12.3. The molecule has 0 atom stereocenters. The number of aryl methyl sites for hydroxylation is 1. The molecule has 1 amide bonds. The number of aromatic amines is 1. The molecule has 9 nitrogen and oxygen atoms in total. The van der Waals surface area contributed by atoms with Crippen molar-refractivity contribution in [2.45, 2.75) is 31.7 Å². The monoisotopic (exact) mass is 379 g/mol. The van der Waals surface area contributed by atoms with E-state index in [0.29, 0.717) is 44.7 Å². The van der Waals surface area contributed by atoms with E-state index >= 15 is 0 Å². The van der Waals surface area contributed by atoms with Gasteiger partial charge in [-0.05, 0) is 19.8 Å². The van der Waals surface area contributed by atoms with Crippen LogP contribution in [0.15, 0.2) is 16.9 Å². The molecule has 140 valence electrons. The molecular formula is C16H21N5O4S. The van der Waals surface area contributed by atoms with Gasteiger partial charge in [-0.25, -0.2) is 13.4 Å². The molecule has 0 bridgehead atoms. The van der Waals surface area contributed by atoms with Crippen LogP contribution >= 0.6 is 0 Å². The van der Waals surface area contributed by atoms with Gasteiger partial charge in [-0.2, -0.15) is 4.31 Å². The van der Waals surface area contributed by atoms with Gasteiger partial charge in [-0.15, -0.1) is 0 Å². The summed E-state index contributed by atoms with van der Waals surface area (Å²) in [6, 6.07) is 1.61. The minimum absolute atomic E-state index is 0.194. The maximum Gasteiger partial charge on any atom is 0.276 e. The minimum Gasteiger partial charge on any atom is -0.361 e. The third kappa shape index (κ3) is 2.64. The molecule has 0 unspecified atom stereocenters. The third-order valence-corrected chi connectivity index (χ3v) is 6.66. The standard InChI is InChI=1S/C16H21N5O4S/c1-11-9-13(19-25-11)15(22)20-7-4-16(5-8-20)14-12(17-10-18-14)3-6-21(16)26(2,23)24/h9-10H,3-8H2,1-2H3,(H,17,18). The number of nitrogens with one attached hydrogen (secondary N) is 1. The third-order valence-electron chi connectivity index (χ3n) is 5.33. The summed E-state index contributed by atoms with van der Waals surface area (Å²) in [5, 5.41) is 3.79. The van der Waals surface area contributed by atoms with E-state index in [9.17, 15) is 13.2 Å². The Hall–Kier alpha value is -2.20. The lowest BCUT2D eigenvalue weighted by Gasteiger charge is -2.49. The van der Waals surface area contributed by atoms with Crippen LogP contribution < -0.4 is 0 Å². The van der Waals surface area contributed by atoms with Crippen molar-refractivity contribution in [3.8, 4) is 0 Å². The van der Waals surface area contributed by atoms with Crippen LogP contribution in [-0.4, -0.2) is 64.5 Å². The zero-order valence-electron chi connectivity index (χ0n) is 14.7. The first-order valence-electron chi connectivity index (χ1n) is 8.54. The van der Waals surface area contributed by atoms with Gasteiger partial charge >= 0.3 is 0 Å². The van der Waals surface area contributed by atoms with E-state index in [1.54, 1.807) is 28.5 Å². The number of hydrogen-bond donors (Lipinski definition) is 1. The zero-order chi connectivity index (χ0) is 18.5. The summed E-state index contributed by atoms with van der Waals surface area (Å²) in [4.78, 5) is 21.9. The number of imidazole rings is 1. The van der Waals surface area contributed by atoms with E-state index in [1.165, 1.54) is 6.26 Å². The van der Waals surface area contributed by atoms with Gasteiger partial charge in [0.1, 0.15) is 5.76 Å². The van der Waals surface area contributed by atoms with Crippen LogP contribution in [0.4, 0.5) is 0 Å². The summed E-state index contributed by atoms with van der Waals surface area (Å²) in [7, 11) is -3.39. The Morgan fingerprint density at radius 2 is 2.04 bits per heavy atom. The number of aromatic nitrogens is 3. The number of likely N-dealkylation sites (tertiary alicyclic amines) is 1. The Kier molecular flexibility index (Phi) is 3.92. The topological polar surface area (TPSA) is 112 Å². The van der Waals surface area contributed by atoms with Crippen LogP contribution in [0.1, 0.15) is 40.5 Å². The average molecular weight is 379 g/mol. The van der Waals surface area contributed by atoms with Crippen LogP contribution in [0, 0.1) is 6.92 Å². The molecular weight excluding hydrogens is 358 g/mol. The number of hydrogen-bond acceptors (Lipinski definition) is 6. The second-order valence-electron chi connectivity index (χ2n) is 6.96. The van der Waals surface area contributed by atoms with Gasteiger partial charge in [0.15, 0.2) is 5.69 Å². The highest BCUT2D eigenvalue weighted by atomic mass is 32.2. The summed E-state index contributed by atoms with van der Waals surface area (Å²) < 4.78 is 31.4. The lowest BCUT2D eigenvalue weighted by molar-refractivity contribution is 0.0455. The molecule has 2 aromatic heterocycles. The number of fused-ring (bicyclic) bond motifs is 2. The van der Waals surface area contributed by atoms with Crippen LogP contribution in [0.5, 0.6) is 0 Å². The first-order valence-corrected chi connectivity index (χ1v) is 10.4. The van der Waals surface area contributed by atoms with Gasteiger partial charge in [-0.3, -0.25) is 4.79 Å². The Bertz CT molecular complexity index is 940. The average Bonchev–Trinajstić information content (AvgIpc) is 3.23. The quantitative estimate of drug-likeness (QED) is 0.820. The molecule has 1 fully saturated rings. The molecule has 26 heavy (non-hydrogen) atoms. The fraction of sp³-hybridized carbons (Fsp3) is 0.562. The molecule has 1 saturated heterocycles. The maximum absolute atomic E-state index is 12.6. The van der Waals surface area contributed by atoms with Crippen LogP contribution in [0.2, 0.25) is 0 Å². The van der Waals surface area contributed by atoms with Crippen LogP contribution in [0.25, 0.3) is 0 Å². The van der Waals surface area contributed by atoms with Gasteiger partial charge in [0, 0.05) is 37.8 Å². The maximum atomic E-state index is 12.6. The van der Waals surface area contributed by atoms with Gasteiger partial charge in [0.2, 0.25) is 10.0 Å². The van der Waals surface area contributed by atoms with Gasteiger partial charge in [0.25, 0.3) is 5.91 Å². The second-order valence-corrected chi connectivity index (χ2v) is 8.87. The Labute approximate surface area is 151 Å². The number of carbonyl (C=O) groups is 1. The van der Waals surface area contributed by atoms with Crippen molar-refractivity contribution in [1.29, 1.82) is 0 Å².